The van der Waals surface area contributed by atoms with Crippen LogP contribution in [0, 0.1) is 18.3 Å². The second kappa shape index (κ2) is 6.03. The van der Waals surface area contributed by atoms with Gasteiger partial charge in [-0.2, -0.15) is 5.26 Å². The molecule has 2 aromatic rings. The summed E-state index contributed by atoms with van der Waals surface area (Å²) >= 11 is 0. The van der Waals surface area contributed by atoms with Gasteiger partial charge in [0.05, 0.1) is 11.6 Å². The van der Waals surface area contributed by atoms with Crippen molar-refractivity contribution in [3.8, 4) is 11.8 Å². The fraction of sp³-hybridized carbons (Fsp3) is 0.188. The molecular weight excluding hydrogens is 236 g/mol. The van der Waals surface area contributed by atoms with Crippen LogP contribution >= 0.6 is 0 Å². The van der Waals surface area contributed by atoms with Gasteiger partial charge in [-0.1, -0.05) is 29.8 Å². The lowest BCUT2D eigenvalue weighted by Crippen LogP contribution is -2.03. The number of nitrogens with zero attached hydrogens (tertiary/aromatic N) is 1. The first kappa shape index (κ1) is 13.1. The van der Waals surface area contributed by atoms with E-state index >= 15 is 0 Å². The van der Waals surface area contributed by atoms with E-state index in [9.17, 15) is 0 Å². The second-order valence-electron chi connectivity index (χ2n) is 4.41. The first-order chi connectivity index (χ1) is 9.22. The monoisotopic (exact) mass is 252 g/mol. The van der Waals surface area contributed by atoms with Crippen molar-refractivity contribution in [1.82, 2.24) is 0 Å². The molecule has 96 valence electrons. The molecule has 0 aliphatic heterocycles. The van der Waals surface area contributed by atoms with E-state index in [2.05, 4.69) is 6.07 Å². The molecule has 0 radical (unpaired) electrons. The SMILES string of the molecule is Cc1ccc(OCc2ccc(C#N)cc2)c(CN)c1. The predicted molar refractivity (Wildman–Crippen MR) is 74.6 cm³/mol. The molecule has 0 spiro atoms. The van der Waals surface area contributed by atoms with Gasteiger partial charge in [-0.3, -0.25) is 0 Å². The van der Waals surface area contributed by atoms with Crippen LogP contribution < -0.4 is 10.5 Å². The Morgan fingerprint density at radius 2 is 1.89 bits per heavy atom. The number of rotatable bonds is 4. The second-order valence-corrected chi connectivity index (χ2v) is 4.41. The zero-order valence-corrected chi connectivity index (χ0v) is 10.9. The molecule has 19 heavy (non-hydrogen) atoms. The minimum atomic E-state index is 0.463. The maximum atomic E-state index is 8.74. The van der Waals surface area contributed by atoms with E-state index in [0.29, 0.717) is 18.7 Å². The predicted octanol–water partition coefficient (Wildman–Crippen LogP) is 2.90. The Bertz CT molecular complexity index is 597. The Balaban J connectivity index is 2.07. The van der Waals surface area contributed by atoms with Gasteiger partial charge >= 0.3 is 0 Å². The van der Waals surface area contributed by atoms with Crippen molar-refractivity contribution in [1.29, 1.82) is 5.26 Å². The number of benzene rings is 2. The van der Waals surface area contributed by atoms with Crippen molar-refractivity contribution in [3.05, 3.63) is 64.7 Å². The van der Waals surface area contributed by atoms with Crippen LogP contribution in [-0.4, -0.2) is 0 Å². The van der Waals surface area contributed by atoms with E-state index in [1.54, 1.807) is 12.1 Å². The van der Waals surface area contributed by atoms with E-state index in [1.807, 2.05) is 37.3 Å². The molecule has 0 saturated carbocycles. The Kier molecular flexibility index (Phi) is 4.17. The van der Waals surface area contributed by atoms with Crippen LogP contribution in [-0.2, 0) is 13.2 Å². The average molecular weight is 252 g/mol. The number of nitrogens with two attached hydrogens (primary N) is 1. The van der Waals surface area contributed by atoms with E-state index in [-0.39, 0.29) is 0 Å². The van der Waals surface area contributed by atoms with Crippen LogP contribution in [0.1, 0.15) is 22.3 Å². The quantitative estimate of drug-likeness (QED) is 0.910. The van der Waals surface area contributed by atoms with Crippen LogP contribution in [0.4, 0.5) is 0 Å². The van der Waals surface area contributed by atoms with Gasteiger partial charge < -0.3 is 10.5 Å². The highest BCUT2D eigenvalue weighted by Gasteiger charge is 2.03. The van der Waals surface area contributed by atoms with Gasteiger partial charge in [0, 0.05) is 12.1 Å². The molecule has 0 unspecified atom stereocenters. The summed E-state index contributed by atoms with van der Waals surface area (Å²) in [6, 6.07) is 15.5. The molecule has 0 saturated heterocycles. The standard InChI is InChI=1S/C16H16N2O/c1-12-2-7-16(15(8-12)10-18)19-11-14-5-3-13(9-17)4-6-14/h2-8H,10-11,18H2,1H3. The molecule has 2 rings (SSSR count). The largest absolute Gasteiger partial charge is 0.489 e. The summed E-state index contributed by atoms with van der Waals surface area (Å²) in [6.07, 6.45) is 0. The smallest absolute Gasteiger partial charge is 0.124 e. The highest BCUT2D eigenvalue weighted by atomic mass is 16.5. The van der Waals surface area contributed by atoms with Crippen molar-refractivity contribution in [2.24, 2.45) is 5.73 Å². The molecule has 2 N–H and O–H groups in total. The summed E-state index contributed by atoms with van der Waals surface area (Å²) < 4.78 is 5.78. The Morgan fingerprint density at radius 3 is 2.53 bits per heavy atom. The van der Waals surface area contributed by atoms with E-state index in [1.165, 1.54) is 5.56 Å². The van der Waals surface area contributed by atoms with Crippen LogP contribution in [0.15, 0.2) is 42.5 Å². The third-order valence-corrected chi connectivity index (χ3v) is 2.91. The van der Waals surface area contributed by atoms with Gasteiger partial charge in [0.2, 0.25) is 0 Å². The van der Waals surface area contributed by atoms with Crippen LogP contribution in [0.5, 0.6) is 5.75 Å². The fourth-order valence-electron chi connectivity index (χ4n) is 1.85. The summed E-state index contributed by atoms with van der Waals surface area (Å²) in [7, 11) is 0. The Labute approximate surface area is 113 Å². The van der Waals surface area contributed by atoms with Crippen molar-refractivity contribution < 1.29 is 4.74 Å². The first-order valence-electron chi connectivity index (χ1n) is 6.14. The van der Waals surface area contributed by atoms with Crippen molar-refractivity contribution in [2.75, 3.05) is 0 Å². The molecular formula is C16H16N2O. The van der Waals surface area contributed by atoms with Crippen LogP contribution in [0.2, 0.25) is 0 Å². The van der Waals surface area contributed by atoms with Crippen molar-refractivity contribution in [2.45, 2.75) is 20.1 Å². The lowest BCUT2D eigenvalue weighted by atomic mass is 10.1. The summed E-state index contributed by atoms with van der Waals surface area (Å²) in [5.74, 6) is 0.817. The number of hydrogen-bond acceptors (Lipinski definition) is 3. The summed E-state index contributed by atoms with van der Waals surface area (Å²) in [5, 5.41) is 8.74. The Morgan fingerprint density at radius 1 is 1.16 bits per heavy atom. The third kappa shape index (κ3) is 3.34. The number of hydrogen-bond donors (Lipinski definition) is 1. The zero-order chi connectivity index (χ0) is 13.7. The Hall–Kier alpha value is -2.31. The average Bonchev–Trinajstić information content (AvgIpc) is 2.46. The van der Waals surface area contributed by atoms with E-state index < -0.39 is 0 Å². The van der Waals surface area contributed by atoms with Gasteiger partial charge in [0.1, 0.15) is 12.4 Å². The molecule has 0 aromatic heterocycles. The molecule has 0 amide bonds. The van der Waals surface area contributed by atoms with Crippen molar-refractivity contribution >= 4 is 0 Å². The molecule has 0 aliphatic carbocycles. The highest BCUT2D eigenvalue weighted by Crippen LogP contribution is 2.20. The van der Waals surface area contributed by atoms with E-state index in [4.69, 9.17) is 15.7 Å². The molecule has 0 bridgehead atoms. The van der Waals surface area contributed by atoms with E-state index in [0.717, 1.165) is 16.9 Å². The van der Waals surface area contributed by atoms with Crippen molar-refractivity contribution in [3.63, 3.8) is 0 Å². The third-order valence-electron chi connectivity index (χ3n) is 2.91. The number of aryl methyl sites for hydroxylation is 1. The molecule has 2 aromatic carbocycles. The van der Waals surface area contributed by atoms with Gasteiger partial charge in [-0.15, -0.1) is 0 Å². The van der Waals surface area contributed by atoms with Crippen LogP contribution in [0.25, 0.3) is 0 Å². The number of ether oxygens (including phenoxy) is 1. The van der Waals surface area contributed by atoms with Gasteiger partial charge in [0.15, 0.2) is 0 Å². The highest BCUT2D eigenvalue weighted by molar-refractivity contribution is 5.37. The molecule has 0 fully saturated rings. The zero-order valence-electron chi connectivity index (χ0n) is 10.9. The molecule has 0 atom stereocenters. The topological polar surface area (TPSA) is 59.0 Å². The number of nitriles is 1. The van der Waals surface area contributed by atoms with Crippen LogP contribution in [0.3, 0.4) is 0 Å². The molecule has 0 aliphatic rings. The lowest BCUT2D eigenvalue weighted by molar-refractivity contribution is 0.303. The van der Waals surface area contributed by atoms with Gasteiger partial charge in [0.25, 0.3) is 0 Å². The maximum Gasteiger partial charge on any atom is 0.124 e. The molecule has 3 heteroatoms. The maximum absolute atomic E-state index is 8.74. The minimum absolute atomic E-state index is 0.463. The normalized spacial score (nSPS) is 9.95. The summed E-state index contributed by atoms with van der Waals surface area (Å²) in [6.45, 7) is 2.97. The van der Waals surface area contributed by atoms with Gasteiger partial charge in [-0.05, 0) is 30.7 Å². The summed E-state index contributed by atoms with van der Waals surface area (Å²) in [4.78, 5) is 0. The molecule has 3 nitrogen and oxygen atoms in total. The molecule has 0 heterocycles. The fourth-order valence-corrected chi connectivity index (χ4v) is 1.85. The lowest BCUT2D eigenvalue weighted by Gasteiger charge is -2.11. The minimum Gasteiger partial charge on any atom is -0.489 e. The van der Waals surface area contributed by atoms with Gasteiger partial charge in [-0.25, -0.2) is 0 Å². The summed E-state index contributed by atoms with van der Waals surface area (Å²) in [5.41, 5.74) is 9.58. The first-order valence-corrected chi connectivity index (χ1v) is 6.14.